The molecule has 12 heteroatoms. The third-order valence-electron chi connectivity index (χ3n) is 7.72. The number of nitrogens with zero attached hydrogens (tertiary/aromatic N) is 4. The van der Waals surface area contributed by atoms with Crippen LogP contribution in [0.4, 0.5) is 30.5 Å². The number of piperazine rings is 1. The van der Waals surface area contributed by atoms with Crippen LogP contribution in [0.5, 0.6) is 5.75 Å². The standard InChI is InChI=1S/C33H32F3N7O2/c1-21-3-4-22(20-43-17-15-42(2)16-18-43)19-28(21)39-31(44)24-5-9-25(10-6-24)38-32-40-27-13-14-37-30(27)29(41-32)23-7-11-26(12-8-23)45-33(34,35)36/h3-14,19,37H,15-18,20H2,1-2H3,(H,39,44)(H,38,40,41). The van der Waals surface area contributed by atoms with Crippen molar-refractivity contribution >= 4 is 34.3 Å². The summed E-state index contributed by atoms with van der Waals surface area (Å²) in [5, 5.41) is 6.22. The summed E-state index contributed by atoms with van der Waals surface area (Å²) in [5.41, 5.74) is 6.43. The number of benzene rings is 3. The molecule has 232 valence electrons. The van der Waals surface area contributed by atoms with E-state index in [1.807, 2.05) is 19.1 Å². The van der Waals surface area contributed by atoms with Crippen molar-refractivity contribution in [1.82, 2.24) is 24.8 Å². The van der Waals surface area contributed by atoms with Crippen molar-refractivity contribution in [3.8, 4) is 17.0 Å². The number of rotatable bonds is 8. The number of nitrogens with one attached hydrogen (secondary N) is 3. The number of aromatic nitrogens is 3. The van der Waals surface area contributed by atoms with Crippen molar-refractivity contribution in [2.75, 3.05) is 43.9 Å². The smallest absolute Gasteiger partial charge is 0.406 e. The second-order valence-corrected chi connectivity index (χ2v) is 11.1. The summed E-state index contributed by atoms with van der Waals surface area (Å²) < 4.78 is 41.8. The third-order valence-corrected chi connectivity index (χ3v) is 7.72. The van der Waals surface area contributed by atoms with Crippen LogP contribution in [0, 0.1) is 6.92 Å². The number of alkyl halides is 3. The van der Waals surface area contributed by atoms with E-state index in [2.05, 4.69) is 53.2 Å². The van der Waals surface area contributed by atoms with Crippen molar-refractivity contribution in [3.05, 3.63) is 95.7 Å². The Balaban J connectivity index is 1.14. The first kappa shape index (κ1) is 30.1. The van der Waals surface area contributed by atoms with Gasteiger partial charge in [0.25, 0.3) is 5.91 Å². The van der Waals surface area contributed by atoms with Crippen LogP contribution in [0.3, 0.4) is 0 Å². The maximum atomic E-state index is 13.1. The number of aromatic amines is 1. The number of halogens is 3. The van der Waals surface area contributed by atoms with Gasteiger partial charge in [0.1, 0.15) is 5.75 Å². The zero-order valence-electron chi connectivity index (χ0n) is 24.8. The number of anilines is 3. The minimum atomic E-state index is -4.77. The fraction of sp³-hybridized carbons (Fsp3) is 0.242. The summed E-state index contributed by atoms with van der Waals surface area (Å²) in [6.45, 7) is 6.95. The number of carbonyl (C=O) groups is 1. The van der Waals surface area contributed by atoms with Gasteiger partial charge in [-0.3, -0.25) is 9.69 Å². The second-order valence-electron chi connectivity index (χ2n) is 11.1. The molecule has 1 fully saturated rings. The lowest BCUT2D eigenvalue weighted by molar-refractivity contribution is -0.274. The highest BCUT2D eigenvalue weighted by Gasteiger charge is 2.31. The van der Waals surface area contributed by atoms with E-state index in [9.17, 15) is 18.0 Å². The van der Waals surface area contributed by atoms with E-state index in [1.54, 1.807) is 36.5 Å². The van der Waals surface area contributed by atoms with Gasteiger partial charge < -0.3 is 25.3 Å². The molecule has 3 aromatic carbocycles. The fourth-order valence-electron chi connectivity index (χ4n) is 5.22. The molecule has 2 aromatic heterocycles. The fourth-order valence-corrected chi connectivity index (χ4v) is 5.22. The molecule has 0 unspecified atom stereocenters. The average molecular weight is 616 g/mol. The lowest BCUT2D eigenvalue weighted by atomic mass is 10.1. The first-order valence-electron chi connectivity index (χ1n) is 14.5. The first-order chi connectivity index (χ1) is 21.6. The van der Waals surface area contributed by atoms with E-state index in [-0.39, 0.29) is 17.6 Å². The van der Waals surface area contributed by atoms with Gasteiger partial charge in [-0.25, -0.2) is 9.97 Å². The van der Waals surface area contributed by atoms with Crippen molar-refractivity contribution < 1.29 is 22.7 Å². The minimum Gasteiger partial charge on any atom is -0.406 e. The molecule has 0 radical (unpaired) electrons. The third kappa shape index (κ3) is 7.41. The topological polar surface area (TPSA) is 98.4 Å². The van der Waals surface area contributed by atoms with Gasteiger partial charge in [-0.1, -0.05) is 12.1 Å². The number of amides is 1. The van der Waals surface area contributed by atoms with Gasteiger partial charge in [0.2, 0.25) is 5.95 Å². The summed E-state index contributed by atoms with van der Waals surface area (Å²) in [4.78, 5) is 30.1. The van der Waals surface area contributed by atoms with E-state index in [1.165, 1.54) is 24.3 Å². The predicted molar refractivity (Wildman–Crippen MR) is 168 cm³/mol. The van der Waals surface area contributed by atoms with Crippen LogP contribution < -0.4 is 15.4 Å². The summed E-state index contributed by atoms with van der Waals surface area (Å²) in [6, 6.07) is 20.4. The Labute approximate surface area is 258 Å². The summed E-state index contributed by atoms with van der Waals surface area (Å²) in [5.74, 6) is -0.247. The van der Waals surface area contributed by atoms with Crippen molar-refractivity contribution in [1.29, 1.82) is 0 Å². The first-order valence-corrected chi connectivity index (χ1v) is 14.5. The van der Waals surface area contributed by atoms with E-state index >= 15 is 0 Å². The lowest BCUT2D eigenvalue weighted by Crippen LogP contribution is -2.43. The zero-order chi connectivity index (χ0) is 31.6. The number of ether oxygens (including phenoxy) is 1. The van der Waals surface area contributed by atoms with Gasteiger partial charge in [0.15, 0.2) is 0 Å². The molecular formula is C33H32F3N7O2. The Morgan fingerprint density at radius 2 is 1.69 bits per heavy atom. The number of hydrogen-bond donors (Lipinski definition) is 3. The normalized spacial score (nSPS) is 14.4. The lowest BCUT2D eigenvalue weighted by Gasteiger charge is -2.32. The summed E-state index contributed by atoms with van der Waals surface area (Å²) >= 11 is 0. The van der Waals surface area contributed by atoms with Crippen molar-refractivity contribution in [3.63, 3.8) is 0 Å². The molecule has 6 rings (SSSR count). The number of hydrogen-bond acceptors (Lipinski definition) is 7. The summed E-state index contributed by atoms with van der Waals surface area (Å²) in [6.07, 6.45) is -3.06. The second kappa shape index (κ2) is 12.6. The molecule has 0 spiro atoms. The number of fused-ring (bicyclic) bond motifs is 1. The molecule has 9 nitrogen and oxygen atoms in total. The Morgan fingerprint density at radius 3 is 2.40 bits per heavy atom. The quantitative estimate of drug-likeness (QED) is 0.182. The Morgan fingerprint density at radius 1 is 0.956 bits per heavy atom. The van der Waals surface area contributed by atoms with Crippen LogP contribution in [0.1, 0.15) is 21.5 Å². The molecule has 1 saturated heterocycles. The van der Waals surface area contributed by atoms with E-state index in [0.717, 1.165) is 49.5 Å². The van der Waals surface area contributed by atoms with Gasteiger partial charge in [0, 0.05) is 61.4 Å². The van der Waals surface area contributed by atoms with Crippen LogP contribution in [0.2, 0.25) is 0 Å². The Bertz CT molecular complexity index is 1800. The van der Waals surface area contributed by atoms with E-state index < -0.39 is 6.36 Å². The van der Waals surface area contributed by atoms with Gasteiger partial charge in [-0.2, -0.15) is 0 Å². The summed E-state index contributed by atoms with van der Waals surface area (Å²) in [7, 11) is 2.14. The molecule has 3 heterocycles. The van der Waals surface area contributed by atoms with E-state index in [4.69, 9.17) is 0 Å². The largest absolute Gasteiger partial charge is 0.573 e. The van der Waals surface area contributed by atoms with Gasteiger partial charge in [0.05, 0.1) is 16.7 Å². The molecule has 1 aliphatic heterocycles. The number of likely N-dealkylation sites (N-methyl/N-ethyl adjacent to an activating group) is 1. The highest BCUT2D eigenvalue weighted by molar-refractivity contribution is 6.05. The van der Waals surface area contributed by atoms with Crippen molar-refractivity contribution in [2.24, 2.45) is 0 Å². The Kier molecular flexibility index (Phi) is 8.42. The molecule has 3 N–H and O–H groups in total. The zero-order valence-corrected chi connectivity index (χ0v) is 24.8. The molecule has 45 heavy (non-hydrogen) atoms. The Hall–Kier alpha value is -4.94. The maximum absolute atomic E-state index is 13.1. The molecule has 0 saturated carbocycles. The maximum Gasteiger partial charge on any atom is 0.573 e. The van der Waals surface area contributed by atoms with Crippen LogP contribution in [-0.4, -0.2) is 70.2 Å². The SMILES string of the molecule is Cc1ccc(CN2CCN(C)CC2)cc1NC(=O)c1ccc(Nc2nc(-c3ccc(OC(F)(F)F)cc3)c3[nH]ccc3n2)cc1. The van der Waals surface area contributed by atoms with Crippen molar-refractivity contribution in [2.45, 2.75) is 19.8 Å². The molecular weight excluding hydrogens is 583 g/mol. The van der Waals surface area contributed by atoms with Crippen LogP contribution >= 0.6 is 0 Å². The predicted octanol–water partition coefficient (Wildman–Crippen LogP) is 6.58. The molecule has 5 aromatic rings. The van der Waals surface area contributed by atoms with Gasteiger partial charge >= 0.3 is 6.36 Å². The van der Waals surface area contributed by atoms with Crippen LogP contribution in [0.15, 0.2) is 79.0 Å². The molecule has 1 aliphatic rings. The number of aryl methyl sites for hydroxylation is 1. The van der Waals surface area contributed by atoms with Gasteiger partial charge in [-0.05, 0) is 85.8 Å². The van der Waals surface area contributed by atoms with Gasteiger partial charge in [-0.15, -0.1) is 13.2 Å². The minimum absolute atomic E-state index is 0.216. The van der Waals surface area contributed by atoms with E-state index in [0.29, 0.717) is 33.5 Å². The number of carbonyl (C=O) groups excluding carboxylic acids is 1. The highest BCUT2D eigenvalue weighted by Crippen LogP contribution is 2.30. The molecule has 0 bridgehead atoms. The van der Waals surface area contributed by atoms with Crippen LogP contribution in [0.25, 0.3) is 22.3 Å². The molecule has 0 aliphatic carbocycles. The number of H-pyrrole nitrogens is 1. The van der Waals surface area contributed by atoms with Crippen LogP contribution in [-0.2, 0) is 6.54 Å². The monoisotopic (exact) mass is 615 g/mol. The molecule has 1 amide bonds. The molecule has 0 atom stereocenters. The average Bonchev–Trinajstić information content (AvgIpc) is 3.48. The highest BCUT2D eigenvalue weighted by atomic mass is 19.4.